The van der Waals surface area contributed by atoms with Crippen molar-refractivity contribution in [2.24, 2.45) is 0 Å². The van der Waals surface area contributed by atoms with Gasteiger partial charge in [-0.25, -0.2) is 0 Å². The number of hydrogen-bond acceptors (Lipinski definition) is 4. The predicted molar refractivity (Wildman–Crippen MR) is 38.0 cm³/mol. The van der Waals surface area contributed by atoms with Crippen LogP contribution in [0.25, 0.3) is 0 Å². The summed E-state index contributed by atoms with van der Waals surface area (Å²) in [6, 6.07) is 1.74. The Labute approximate surface area is 66.7 Å². The molecule has 0 spiro atoms. The van der Waals surface area contributed by atoms with Gasteiger partial charge in [0.2, 0.25) is 0 Å². The highest BCUT2D eigenvalue weighted by atomic mass is 16.9. The van der Waals surface area contributed by atoms with E-state index in [-0.39, 0.29) is 0 Å². The summed E-state index contributed by atoms with van der Waals surface area (Å²) >= 11 is 0. The summed E-state index contributed by atoms with van der Waals surface area (Å²) in [5.41, 5.74) is 0. The van der Waals surface area contributed by atoms with Crippen LogP contribution in [0.3, 0.4) is 0 Å². The van der Waals surface area contributed by atoms with Crippen LogP contribution in [0.5, 0.6) is 0 Å². The van der Waals surface area contributed by atoms with E-state index in [9.17, 15) is 0 Å². The molecule has 0 unspecified atom stereocenters. The van der Waals surface area contributed by atoms with Crippen molar-refractivity contribution in [1.82, 2.24) is 0 Å². The Morgan fingerprint density at radius 1 is 1.36 bits per heavy atom. The zero-order valence-electron chi connectivity index (χ0n) is 6.79. The molecular weight excluding hydrogens is 146 g/mol. The smallest absolute Gasteiger partial charge is 0.316 e. The molecule has 0 aromatic heterocycles. The number of nitrogens with zero attached hydrogens (tertiary/aromatic N) is 1. The number of rotatable bonds is 5. The second-order valence-electron chi connectivity index (χ2n) is 1.68. The molecule has 0 aliphatic rings. The summed E-state index contributed by atoms with van der Waals surface area (Å²) in [4.78, 5) is 0. The van der Waals surface area contributed by atoms with Crippen molar-refractivity contribution in [3.05, 3.63) is 7.11 Å². The largest absolute Gasteiger partial charge is 0.379 e. The van der Waals surface area contributed by atoms with Crippen molar-refractivity contribution in [3.63, 3.8) is 0 Å². The molecule has 0 aromatic carbocycles. The Hall–Kier alpha value is -0.630. The van der Waals surface area contributed by atoms with Gasteiger partial charge in [0.15, 0.2) is 6.07 Å². The molecule has 0 heterocycles. The summed E-state index contributed by atoms with van der Waals surface area (Å²) in [7, 11) is 3.09. The van der Waals surface area contributed by atoms with Gasteiger partial charge in [-0.15, -0.1) is 0 Å². The van der Waals surface area contributed by atoms with Gasteiger partial charge in [-0.3, -0.25) is 0 Å². The fourth-order valence-corrected chi connectivity index (χ4v) is 0.602. The van der Waals surface area contributed by atoms with Gasteiger partial charge in [-0.1, -0.05) is 0 Å². The maximum atomic E-state index is 8.57. The SMILES string of the molecule is [CH2]OC(C#N)(OCC)OCC. The van der Waals surface area contributed by atoms with Gasteiger partial charge in [-0.2, -0.15) is 5.26 Å². The molecule has 0 aliphatic carbocycles. The van der Waals surface area contributed by atoms with Crippen LogP contribution >= 0.6 is 0 Å². The van der Waals surface area contributed by atoms with Gasteiger partial charge in [0, 0.05) is 0 Å². The molecular formula is C7H12NO3. The van der Waals surface area contributed by atoms with Crippen molar-refractivity contribution in [1.29, 1.82) is 5.26 Å². The van der Waals surface area contributed by atoms with E-state index in [1.807, 2.05) is 0 Å². The first-order valence-electron chi connectivity index (χ1n) is 3.37. The van der Waals surface area contributed by atoms with E-state index in [0.29, 0.717) is 13.2 Å². The van der Waals surface area contributed by atoms with Crippen LogP contribution in [0, 0.1) is 18.4 Å². The van der Waals surface area contributed by atoms with Gasteiger partial charge < -0.3 is 14.2 Å². The quantitative estimate of drug-likeness (QED) is 0.561. The normalized spacial score (nSPS) is 11.1. The molecule has 0 atom stereocenters. The van der Waals surface area contributed by atoms with Crippen LogP contribution in [-0.4, -0.2) is 19.2 Å². The number of hydrogen-bond donors (Lipinski definition) is 0. The number of ether oxygens (including phenoxy) is 3. The standard InChI is InChI=1S/C7H12NO3/c1-4-10-7(6-8,9-3)11-5-2/h3-5H2,1-2H3. The van der Waals surface area contributed by atoms with E-state index in [1.54, 1.807) is 19.9 Å². The Bertz CT molecular complexity index is 135. The van der Waals surface area contributed by atoms with Crippen LogP contribution in [0.1, 0.15) is 13.8 Å². The lowest BCUT2D eigenvalue weighted by Crippen LogP contribution is -2.35. The third kappa shape index (κ3) is 2.85. The van der Waals surface area contributed by atoms with Crippen molar-refractivity contribution >= 4 is 0 Å². The summed E-state index contributed by atoms with van der Waals surface area (Å²) in [5.74, 6) is -1.62. The Morgan fingerprint density at radius 3 is 2.00 bits per heavy atom. The third-order valence-electron chi connectivity index (χ3n) is 0.996. The van der Waals surface area contributed by atoms with Gasteiger partial charge in [0.1, 0.15) is 0 Å². The first-order valence-corrected chi connectivity index (χ1v) is 3.37. The van der Waals surface area contributed by atoms with E-state index in [4.69, 9.17) is 14.7 Å². The Kier molecular flexibility index (Phi) is 4.79. The summed E-state index contributed by atoms with van der Waals surface area (Å²) in [6.07, 6.45) is 0. The summed E-state index contributed by atoms with van der Waals surface area (Å²) in [6.45, 7) is 4.15. The van der Waals surface area contributed by atoms with Crippen LogP contribution in [0.2, 0.25) is 0 Å². The minimum Gasteiger partial charge on any atom is -0.316 e. The van der Waals surface area contributed by atoms with Gasteiger partial charge >= 0.3 is 5.97 Å². The molecule has 4 nitrogen and oxygen atoms in total. The maximum Gasteiger partial charge on any atom is 0.379 e. The summed E-state index contributed by atoms with van der Waals surface area (Å²) in [5, 5.41) is 8.57. The first kappa shape index (κ1) is 10.4. The average Bonchev–Trinajstić information content (AvgIpc) is 2.04. The molecule has 0 saturated heterocycles. The Balaban J connectivity index is 4.11. The van der Waals surface area contributed by atoms with E-state index >= 15 is 0 Å². The highest BCUT2D eigenvalue weighted by molar-refractivity contribution is 4.85. The molecule has 11 heavy (non-hydrogen) atoms. The zero-order chi connectivity index (χ0) is 8.74. The minimum atomic E-state index is -1.62. The molecule has 1 radical (unpaired) electrons. The molecule has 63 valence electrons. The summed E-state index contributed by atoms with van der Waals surface area (Å²) < 4.78 is 14.3. The first-order chi connectivity index (χ1) is 5.24. The van der Waals surface area contributed by atoms with E-state index in [2.05, 4.69) is 11.8 Å². The van der Waals surface area contributed by atoms with E-state index in [0.717, 1.165) is 0 Å². The van der Waals surface area contributed by atoms with Gasteiger partial charge in [-0.05, 0) is 13.8 Å². The monoisotopic (exact) mass is 158 g/mol. The van der Waals surface area contributed by atoms with E-state index < -0.39 is 5.97 Å². The van der Waals surface area contributed by atoms with Crippen LogP contribution in [0.15, 0.2) is 0 Å². The zero-order valence-corrected chi connectivity index (χ0v) is 6.79. The highest BCUT2D eigenvalue weighted by Gasteiger charge is 2.31. The van der Waals surface area contributed by atoms with Crippen LogP contribution in [-0.2, 0) is 14.2 Å². The fourth-order valence-electron chi connectivity index (χ4n) is 0.602. The lowest BCUT2D eigenvalue weighted by Gasteiger charge is -2.22. The van der Waals surface area contributed by atoms with Crippen molar-refractivity contribution in [2.45, 2.75) is 19.8 Å². The molecule has 0 bridgehead atoms. The fraction of sp³-hybridized carbons (Fsp3) is 0.714. The average molecular weight is 158 g/mol. The second kappa shape index (κ2) is 5.08. The molecule has 0 saturated carbocycles. The molecule has 0 N–H and O–H groups in total. The van der Waals surface area contributed by atoms with Crippen LogP contribution < -0.4 is 0 Å². The van der Waals surface area contributed by atoms with Crippen LogP contribution in [0.4, 0.5) is 0 Å². The van der Waals surface area contributed by atoms with Crippen molar-refractivity contribution in [2.75, 3.05) is 13.2 Å². The van der Waals surface area contributed by atoms with Gasteiger partial charge in [0.05, 0.1) is 20.3 Å². The number of nitriles is 1. The predicted octanol–water partition coefficient (Wildman–Crippen LogP) is 1.04. The molecule has 0 aromatic rings. The third-order valence-corrected chi connectivity index (χ3v) is 0.996. The molecule has 0 amide bonds. The lowest BCUT2D eigenvalue weighted by atomic mass is 10.6. The molecule has 0 fully saturated rings. The maximum absolute atomic E-state index is 8.57. The van der Waals surface area contributed by atoms with Gasteiger partial charge in [0.25, 0.3) is 0 Å². The molecule has 0 aliphatic heterocycles. The van der Waals surface area contributed by atoms with E-state index in [1.165, 1.54) is 0 Å². The lowest BCUT2D eigenvalue weighted by molar-refractivity contribution is -0.322. The second-order valence-corrected chi connectivity index (χ2v) is 1.68. The Morgan fingerprint density at radius 2 is 1.82 bits per heavy atom. The van der Waals surface area contributed by atoms with Crippen molar-refractivity contribution < 1.29 is 14.2 Å². The van der Waals surface area contributed by atoms with Crippen molar-refractivity contribution in [3.8, 4) is 6.07 Å². The minimum absolute atomic E-state index is 0.336. The topological polar surface area (TPSA) is 51.5 Å². The highest BCUT2D eigenvalue weighted by Crippen LogP contribution is 2.12. The molecule has 0 rings (SSSR count). The molecule has 4 heteroatoms.